The van der Waals surface area contributed by atoms with Gasteiger partial charge < -0.3 is 22.5 Å². The Kier molecular flexibility index (Phi) is 5.34. The van der Waals surface area contributed by atoms with Crippen molar-refractivity contribution in [3.8, 4) is 17.1 Å². The highest BCUT2D eigenvalue weighted by Gasteiger charge is 2.09. The van der Waals surface area contributed by atoms with E-state index in [1.165, 1.54) is 0 Å². The van der Waals surface area contributed by atoms with Crippen molar-refractivity contribution in [1.82, 2.24) is 9.97 Å². The Morgan fingerprint density at radius 2 is 1.46 bits per heavy atom. The maximum atomic E-state index is 5.22. The van der Waals surface area contributed by atoms with Gasteiger partial charge >= 0.3 is 0 Å². The summed E-state index contributed by atoms with van der Waals surface area (Å²) in [6.07, 6.45) is 0. The Balaban J connectivity index is 0.00000196. The number of benzene rings is 3. The monoisotopic (exact) mass is 362 g/mol. The lowest BCUT2D eigenvalue weighted by atomic mass is 10.1. The lowest BCUT2D eigenvalue weighted by Gasteiger charge is -2.11. The summed E-state index contributed by atoms with van der Waals surface area (Å²) in [6, 6.07) is 25.8. The van der Waals surface area contributed by atoms with Crippen molar-refractivity contribution >= 4 is 22.4 Å². The Morgan fingerprint density at radius 3 is 2.19 bits per heavy atom. The van der Waals surface area contributed by atoms with E-state index < -0.39 is 0 Å². The molecule has 0 saturated heterocycles. The summed E-state index contributed by atoms with van der Waals surface area (Å²) in [4.78, 5) is 9.47. The van der Waals surface area contributed by atoms with E-state index in [4.69, 9.17) is 14.7 Å². The molecule has 130 valence electrons. The number of hydrogen-bond acceptors (Lipinski definition) is 4. The number of nitrogens with zero attached hydrogens (tertiary/aromatic N) is 2. The molecule has 0 bridgehead atoms. The molecule has 0 aliphatic rings. The first-order chi connectivity index (χ1) is 12.3. The molecule has 0 saturated carbocycles. The highest BCUT2D eigenvalue weighted by molar-refractivity contribution is 5.92. The molecule has 26 heavy (non-hydrogen) atoms. The molecule has 0 atom stereocenters. The van der Waals surface area contributed by atoms with E-state index in [1.54, 1.807) is 7.11 Å². The van der Waals surface area contributed by atoms with Crippen LogP contribution in [0.2, 0.25) is 0 Å². The fraction of sp³-hybridized carbons (Fsp3) is 0.0476. The van der Waals surface area contributed by atoms with Gasteiger partial charge in [-0.25, -0.2) is 9.97 Å². The molecule has 0 spiro atoms. The zero-order chi connectivity index (χ0) is 17.1. The predicted molar refractivity (Wildman–Crippen MR) is 101 cm³/mol. The smallest absolute Gasteiger partial charge is 0.162 e. The molecular formula is C21H17ClN3O-. The van der Waals surface area contributed by atoms with Gasteiger partial charge in [0.1, 0.15) is 11.6 Å². The number of methoxy groups -OCH3 is 1. The average molecular weight is 363 g/mol. The van der Waals surface area contributed by atoms with Crippen LogP contribution in [0, 0.1) is 0 Å². The maximum absolute atomic E-state index is 5.22. The van der Waals surface area contributed by atoms with Crippen molar-refractivity contribution < 1.29 is 17.1 Å². The first kappa shape index (κ1) is 17.7. The maximum Gasteiger partial charge on any atom is 0.162 e. The van der Waals surface area contributed by atoms with Gasteiger partial charge in [-0.1, -0.05) is 30.3 Å². The minimum atomic E-state index is 0. The molecule has 5 heteroatoms. The Hall–Kier alpha value is -3.11. The van der Waals surface area contributed by atoms with E-state index in [-0.39, 0.29) is 12.4 Å². The zero-order valence-electron chi connectivity index (χ0n) is 14.2. The van der Waals surface area contributed by atoms with Crippen LogP contribution in [0.5, 0.6) is 5.75 Å². The summed E-state index contributed by atoms with van der Waals surface area (Å²) in [6.45, 7) is 0. The first-order valence-corrected chi connectivity index (χ1v) is 8.07. The van der Waals surface area contributed by atoms with Crippen LogP contribution in [-0.2, 0) is 0 Å². The second-order valence-corrected chi connectivity index (χ2v) is 5.63. The van der Waals surface area contributed by atoms with Gasteiger partial charge in [0.05, 0.1) is 12.6 Å². The molecule has 0 fully saturated rings. The molecule has 4 rings (SSSR count). The van der Waals surface area contributed by atoms with Gasteiger partial charge in [0.2, 0.25) is 0 Å². The normalized spacial score (nSPS) is 10.2. The molecule has 0 unspecified atom stereocenters. The second-order valence-electron chi connectivity index (χ2n) is 5.63. The number of nitrogens with one attached hydrogen (secondary N) is 1. The SMILES string of the molecule is COc1ccc(-c2nc(Nc3ccccc3)c3ccccc3n2)cc1.[Cl-]. The van der Waals surface area contributed by atoms with Crippen molar-refractivity contribution in [1.29, 1.82) is 0 Å². The van der Waals surface area contributed by atoms with Gasteiger partial charge in [-0.2, -0.15) is 0 Å². The van der Waals surface area contributed by atoms with E-state index in [2.05, 4.69) is 5.32 Å². The van der Waals surface area contributed by atoms with Crippen LogP contribution in [0.1, 0.15) is 0 Å². The Bertz CT molecular complexity index is 1000. The number of para-hydroxylation sites is 2. The Morgan fingerprint density at radius 1 is 0.769 bits per heavy atom. The van der Waals surface area contributed by atoms with E-state index in [1.807, 2.05) is 78.9 Å². The first-order valence-electron chi connectivity index (χ1n) is 8.07. The molecule has 1 heterocycles. The van der Waals surface area contributed by atoms with Gasteiger partial charge in [-0.05, 0) is 48.5 Å². The highest BCUT2D eigenvalue weighted by atomic mass is 35.5. The van der Waals surface area contributed by atoms with Crippen LogP contribution < -0.4 is 22.5 Å². The molecule has 0 aliphatic carbocycles. The van der Waals surface area contributed by atoms with Crippen molar-refractivity contribution in [2.45, 2.75) is 0 Å². The van der Waals surface area contributed by atoms with Crippen molar-refractivity contribution in [2.75, 3.05) is 12.4 Å². The third-order valence-corrected chi connectivity index (χ3v) is 3.99. The van der Waals surface area contributed by atoms with E-state index >= 15 is 0 Å². The average Bonchev–Trinajstić information content (AvgIpc) is 2.69. The number of fused-ring (bicyclic) bond motifs is 1. The summed E-state index contributed by atoms with van der Waals surface area (Å²) >= 11 is 0. The zero-order valence-corrected chi connectivity index (χ0v) is 14.9. The summed E-state index contributed by atoms with van der Waals surface area (Å²) < 4.78 is 5.22. The molecule has 0 amide bonds. The lowest BCUT2D eigenvalue weighted by molar-refractivity contribution is -0.00000533. The van der Waals surface area contributed by atoms with Crippen LogP contribution in [0.3, 0.4) is 0 Å². The Labute approximate surface area is 158 Å². The summed E-state index contributed by atoms with van der Waals surface area (Å²) in [5.41, 5.74) is 2.84. The van der Waals surface area contributed by atoms with Gasteiger partial charge in [0.15, 0.2) is 5.82 Å². The van der Waals surface area contributed by atoms with Gasteiger partial charge in [-0.3, -0.25) is 0 Å². The van der Waals surface area contributed by atoms with Crippen molar-refractivity contribution in [3.05, 3.63) is 78.9 Å². The molecular weight excluding hydrogens is 346 g/mol. The van der Waals surface area contributed by atoms with Crippen molar-refractivity contribution in [2.24, 2.45) is 0 Å². The van der Waals surface area contributed by atoms with Crippen LogP contribution in [0.4, 0.5) is 11.5 Å². The molecule has 4 aromatic rings. The van der Waals surface area contributed by atoms with Gasteiger partial charge in [0, 0.05) is 16.6 Å². The van der Waals surface area contributed by atoms with Gasteiger partial charge in [0.25, 0.3) is 0 Å². The molecule has 1 aromatic heterocycles. The summed E-state index contributed by atoms with van der Waals surface area (Å²) in [7, 11) is 1.66. The number of ether oxygens (including phenoxy) is 1. The fourth-order valence-corrected chi connectivity index (χ4v) is 2.70. The van der Waals surface area contributed by atoms with E-state index in [9.17, 15) is 0 Å². The third-order valence-electron chi connectivity index (χ3n) is 3.99. The van der Waals surface area contributed by atoms with Crippen LogP contribution in [0.15, 0.2) is 78.9 Å². The standard InChI is InChI=1S/C21H17N3O.ClH/c1-25-17-13-11-15(12-14-17)20-23-19-10-6-5-9-18(19)21(24-20)22-16-7-3-2-4-8-16;/h2-14H,1H3,(H,22,23,24);1H/p-1. The third kappa shape index (κ3) is 3.60. The molecule has 0 aliphatic heterocycles. The van der Waals surface area contributed by atoms with Crippen molar-refractivity contribution in [3.63, 3.8) is 0 Å². The van der Waals surface area contributed by atoms with Crippen LogP contribution >= 0.6 is 0 Å². The molecule has 4 nitrogen and oxygen atoms in total. The van der Waals surface area contributed by atoms with E-state index in [0.29, 0.717) is 5.82 Å². The number of rotatable bonds is 4. The molecule has 1 N–H and O–H groups in total. The van der Waals surface area contributed by atoms with Crippen LogP contribution in [-0.4, -0.2) is 17.1 Å². The minimum absolute atomic E-state index is 0. The molecule has 3 aromatic carbocycles. The summed E-state index contributed by atoms with van der Waals surface area (Å²) in [5, 5.41) is 4.39. The largest absolute Gasteiger partial charge is 1.00 e. The molecule has 0 radical (unpaired) electrons. The van der Waals surface area contributed by atoms with Crippen LogP contribution in [0.25, 0.3) is 22.3 Å². The topological polar surface area (TPSA) is 47.0 Å². The van der Waals surface area contributed by atoms with Gasteiger partial charge in [-0.15, -0.1) is 0 Å². The number of aromatic nitrogens is 2. The van der Waals surface area contributed by atoms with E-state index in [0.717, 1.165) is 33.7 Å². The number of hydrogen-bond donors (Lipinski definition) is 1. The fourth-order valence-electron chi connectivity index (χ4n) is 2.70. The highest BCUT2D eigenvalue weighted by Crippen LogP contribution is 2.28. The minimum Gasteiger partial charge on any atom is -1.00 e. The summed E-state index contributed by atoms with van der Waals surface area (Å²) in [5.74, 6) is 2.29. The number of halogens is 1. The number of anilines is 2. The quantitative estimate of drug-likeness (QED) is 0.603. The lowest BCUT2D eigenvalue weighted by Crippen LogP contribution is -3.00. The second kappa shape index (κ2) is 7.85. The predicted octanol–water partition coefficient (Wildman–Crippen LogP) is 2.05.